The van der Waals surface area contributed by atoms with Crippen molar-refractivity contribution in [2.75, 3.05) is 13.1 Å². The van der Waals surface area contributed by atoms with E-state index in [1.54, 1.807) is 6.07 Å². The third-order valence-electron chi connectivity index (χ3n) is 3.72. The molecule has 0 bridgehead atoms. The molecule has 0 amide bonds. The second-order valence-corrected chi connectivity index (χ2v) is 5.16. The van der Waals surface area contributed by atoms with Crippen molar-refractivity contribution in [3.05, 3.63) is 35.1 Å². The van der Waals surface area contributed by atoms with Gasteiger partial charge in [0.2, 0.25) is 0 Å². The summed E-state index contributed by atoms with van der Waals surface area (Å²) in [4.78, 5) is 2.19. The number of aliphatic hydroxyl groups is 1. The van der Waals surface area contributed by atoms with Crippen LogP contribution in [-0.4, -0.2) is 29.2 Å². The molecule has 100 valence electrons. The zero-order chi connectivity index (χ0) is 13.1. The van der Waals surface area contributed by atoms with E-state index in [0.29, 0.717) is 17.7 Å². The molecule has 1 aromatic rings. The Kier molecular flexibility index (Phi) is 4.32. The third kappa shape index (κ3) is 2.88. The normalized spacial score (nSPS) is 25.3. The summed E-state index contributed by atoms with van der Waals surface area (Å²) in [6.07, 6.45) is 0.542. The molecule has 1 heterocycles. The molecule has 4 heteroatoms. The van der Waals surface area contributed by atoms with Crippen LogP contribution in [0.4, 0.5) is 4.39 Å². The van der Waals surface area contributed by atoms with E-state index in [1.165, 1.54) is 0 Å². The minimum Gasteiger partial charge on any atom is -0.393 e. The molecule has 18 heavy (non-hydrogen) atoms. The van der Waals surface area contributed by atoms with Gasteiger partial charge in [-0.05, 0) is 12.3 Å². The first kappa shape index (κ1) is 13.5. The molecule has 0 aromatic heterocycles. The van der Waals surface area contributed by atoms with Crippen molar-refractivity contribution >= 4 is 0 Å². The lowest BCUT2D eigenvalue weighted by Gasteiger charge is -2.34. The lowest BCUT2D eigenvalue weighted by molar-refractivity contribution is 0.0316. The zero-order valence-electron chi connectivity index (χ0n) is 10.8. The van der Waals surface area contributed by atoms with Gasteiger partial charge in [0, 0.05) is 37.3 Å². The Morgan fingerprint density at radius 2 is 2.17 bits per heavy atom. The van der Waals surface area contributed by atoms with E-state index >= 15 is 0 Å². The van der Waals surface area contributed by atoms with Crippen LogP contribution in [0, 0.1) is 11.7 Å². The van der Waals surface area contributed by atoms with Gasteiger partial charge >= 0.3 is 0 Å². The SMILES string of the molecule is CC1CN(Cc2cccc(CN)c2F)CCC1O. The highest BCUT2D eigenvalue weighted by molar-refractivity contribution is 5.25. The van der Waals surface area contributed by atoms with Gasteiger partial charge in [-0.15, -0.1) is 0 Å². The van der Waals surface area contributed by atoms with Crippen LogP contribution in [0.5, 0.6) is 0 Å². The molecule has 3 N–H and O–H groups in total. The second kappa shape index (κ2) is 5.78. The molecule has 1 saturated heterocycles. The van der Waals surface area contributed by atoms with Crippen molar-refractivity contribution in [1.29, 1.82) is 0 Å². The van der Waals surface area contributed by atoms with Gasteiger partial charge in [0.1, 0.15) is 5.82 Å². The third-order valence-corrected chi connectivity index (χ3v) is 3.72. The number of rotatable bonds is 3. The number of likely N-dealkylation sites (tertiary alicyclic amines) is 1. The molecule has 0 spiro atoms. The fourth-order valence-corrected chi connectivity index (χ4v) is 2.52. The van der Waals surface area contributed by atoms with Crippen molar-refractivity contribution in [3.8, 4) is 0 Å². The van der Waals surface area contributed by atoms with Gasteiger partial charge in [-0.25, -0.2) is 4.39 Å². The maximum Gasteiger partial charge on any atom is 0.132 e. The van der Waals surface area contributed by atoms with Gasteiger partial charge in [-0.3, -0.25) is 4.90 Å². The van der Waals surface area contributed by atoms with Gasteiger partial charge in [-0.2, -0.15) is 0 Å². The van der Waals surface area contributed by atoms with Gasteiger partial charge in [0.05, 0.1) is 6.10 Å². The molecule has 3 nitrogen and oxygen atoms in total. The molecular formula is C14H21FN2O. The first-order chi connectivity index (χ1) is 8.61. The number of nitrogens with two attached hydrogens (primary N) is 1. The fourth-order valence-electron chi connectivity index (χ4n) is 2.52. The average Bonchev–Trinajstić information content (AvgIpc) is 2.36. The topological polar surface area (TPSA) is 49.5 Å². The van der Waals surface area contributed by atoms with E-state index in [0.717, 1.165) is 19.5 Å². The molecular weight excluding hydrogens is 231 g/mol. The minimum atomic E-state index is -0.221. The van der Waals surface area contributed by atoms with Crippen molar-refractivity contribution in [3.63, 3.8) is 0 Å². The Hall–Kier alpha value is -0.970. The fraction of sp³-hybridized carbons (Fsp3) is 0.571. The maximum absolute atomic E-state index is 14.0. The summed E-state index contributed by atoms with van der Waals surface area (Å²) in [5.74, 6) is 0.0678. The molecule has 0 saturated carbocycles. The predicted octanol–water partition coefficient (Wildman–Crippen LogP) is 1.49. The number of hydrogen-bond acceptors (Lipinski definition) is 3. The van der Waals surface area contributed by atoms with Crippen LogP contribution in [0.1, 0.15) is 24.5 Å². The Balaban J connectivity index is 2.06. The summed E-state index contributed by atoms with van der Waals surface area (Å²) in [6.45, 7) is 4.49. The Labute approximate surface area is 107 Å². The van der Waals surface area contributed by atoms with Crippen LogP contribution in [0.15, 0.2) is 18.2 Å². The molecule has 1 fully saturated rings. The first-order valence-electron chi connectivity index (χ1n) is 6.48. The summed E-state index contributed by atoms with van der Waals surface area (Å²) < 4.78 is 14.0. The number of piperidine rings is 1. The Morgan fingerprint density at radius 3 is 2.83 bits per heavy atom. The lowest BCUT2D eigenvalue weighted by atomic mass is 9.96. The highest BCUT2D eigenvalue weighted by atomic mass is 19.1. The standard InChI is InChI=1S/C14H21FN2O/c1-10-8-17(6-5-13(10)18)9-12-4-2-3-11(7-16)14(12)15/h2-4,10,13,18H,5-9,16H2,1H3. The summed E-state index contributed by atoms with van der Waals surface area (Å²) >= 11 is 0. The van der Waals surface area contributed by atoms with Crippen LogP contribution < -0.4 is 5.73 Å². The van der Waals surface area contributed by atoms with E-state index in [2.05, 4.69) is 4.90 Å². The second-order valence-electron chi connectivity index (χ2n) is 5.16. The summed E-state index contributed by atoms with van der Waals surface area (Å²) in [6, 6.07) is 5.38. The monoisotopic (exact) mass is 252 g/mol. The average molecular weight is 252 g/mol. The summed E-state index contributed by atoms with van der Waals surface area (Å²) in [5, 5.41) is 9.68. The van der Waals surface area contributed by atoms with E-state index in [9.17, 15) is 9.50 Å². The van der Waals surface area contributed by atoms with E-state index in [-0.39, 0.29) is 24.4 Å². The molecule has 1 aliphatic heterocycles. The van der Waals surface area contributed by atoms with Gasteiger partial charge in [0.25, 0.3) is 0 Å². The number of halogens is 1. The molecule has 2 atom stereocenters. The predicted molar refractivity (Wildman–Crippen MR) is 69.4 cm³/mol. The molecule has 0 aliphatic carbocycles. The van der Waals surface area contributed by atoms with E-state index in [4.69, 9.17) is 5.73 Å². The van der Waals surface area contributed by atoms with Crippen molar-refractivity contribution < 1.29 is 9.50 Å². The van der Waals surface area contributed by atoms with Crippen LogP contribution >= 0.6 is 0 Å². The highest BCUT2D eigenvalue weighted by Gasteiger charge is 2.24. The van der Waals surface area contributed by atoms with Crippen LogP contribution in [-0.2, 0) is 13.1 Å². The van der Waals surface area contributed by atoms with Crippen molar-refractivity contribution in [1.82, 2.24) is 4.90 Å². The summed E-state index contributed by atoms with van der Waals surface area (Å²) in [5.41, 5.74) is 6.77. The smallest absolute Gasteiger partial charge is 0.132 e. The van der Waals surface area contributed by atoms with Gasteiger partial charge in [-0.1, -0.05) is 25.1 Å². The number of nitrogens with zero attached hydrogens (tertiary/aromatic N) is 1. The highest BCUT2D eigenvalue weighted by Crippen LogP contribution is 2.20. The van der Waals surface area contributed by atoms with Gasteiger partial charge < -0.3 is 10.8 Å². The molecule has 1 aromatic carbocycles. The van der Waals surface area contributed by atoms with Gasteiger partial charge in [0.15, 0.2) is 0 Å². The van der Waals surface area contributed by atoms with Crippen molar-refractivity contribution in [2.45, 2.75) is 32.5 Å². The summed E-state index contributed by atoms with van der Waals surface area (Å²) in [7, 11) is 0. The van der Waals surface area contributed by atoms with Crippen LogP contribution in [0.25, 0.3) is 0 Å². The largest absolute Gasteiger partial charge is 0.393 e. The van der Waals surface area contributed by atoms with E-state index in [1.807, 2.05) is 19.1 Å². The maximum atomic E-state index is 14.0. The minimum absolute atomic E-state index is 0.182. The Morgan fingerprint density at radius 1 is 1.44 bits per heavy atom. The Bertz CT molecular complexity index is 411. The molecule has 2 unspecified atom stereocenters. The lowest BCUT2D eigenvalue weighted by Crippen LogP contribution is -2.41. The molecule has 1 aliphatic rings. The first-order valence-corrected chi connectivity index (χ1v) is 6.48. The quantitative estimate of drug-likeness (QED) is 0.857. The molecule has 2 rings (SSSR count). The van der Waals surface area contributed by atoms with E-state index < -0.39 is 0 Å². The number of aliphatic hydroxyl groups excluding tert-OH is 1. The zero-order valence-corrected chi connectivity index (χ0v) is 10.8. The number of hydrogen-bond donors (Lipinski definition) is 2. The van der Waals surface area contributed by atoms with Crippen molar-refractivity contribution in [2.24, 2.45) is 11.7 Å². The van der Waals surface area contributed by atoms with Crippen LogP contribution in [0.3, 0.4) is 0 Å². The van der Waals surface area contributed by atoms with Crippen LogP contribution in [0.2, 0.25) is 0 Å². The molecule has 0 radical (unpaired) electrons. The number of benzene rings is 1.